The van der Waals surface area contributed by atoms with Gasteiger partial charge in [0, 0.05) is 12.6 Å². The Morgan fingerprint density at radius 1 is 1.21 bits per heavy atom. The summed E-state index contributed by atoms with van der Waals surface area (Å²) in [5, 5.41) is 3.06. The summed E-state index contributed by atoms with van der Waals surface area (Å²) in [7, 11) is 0. The number of carbonyl (C=O) groups excluding carboxylic acids is 1. The summed E-state index contributed by atoms with van der Waals surface area (Å²) >= 11 is 0. The molecule has 2 fully saturated rings. The summed E-state index contributed by atoms with van der Waals surface area (Å²) in [5.74, 6) is 0.879. The van der Waals surface area contributed by atoms with Crippen molar-refractivity contribution < 1.29 is 9.53 Å². The van der Waals surface area contributed by atoms with Crippen molar-refractivity contribution in [3.63, 3.8) is 0 Å². The van der Waals surface area contributed by atoms with E-state index in [4.69, 9.17) is 4.74 Å². The van der Waals surface area contributed by atoms with Crippen LogP contribution in [-0.2, 0) is 0 Å². The Morgan fingerprint density at radius 3 is 2.54 bits per heavy atom. The van der Waals surface area contributed by atoms with Crippen LogP contribution in [0.15, 0.2) is 24.3 Å². The molecule has 132 valence electrons. The first-order chi connectivity index (χ1) is 11.6. The number of carbonyl (C=O) groups is 1. The quantitative estimate of drug-likeness (QED) is 0.902. The van der Waals surface area contributed by atoms with Crippen molar-refractivity contribution in [2.75, 3.05) is 32.7 Å². The molecule has 24 heavy (non-hydrogen) atoms. The van der Waals surface area contributed by atoms with Crippen molar-refractivity contribution in [2.45, 2.75) is 45.3 Å². The molecular formula is C19H29N3O2. The second-order valence-corrected chi connectivity index (χ2v) is 7.09. The molecule has 5 nitrogen and oxygen atoms in total. The molecular weight excluding hydrogens is 302 g/mol. The lowest BCUT2D eigenvalue weighted by Gasteiger charge is -2.39. The van der Waals surface area contributed by atoms with Crippen LogP contribution in [0.3, 0.4) is 0 Å². The average molecular weight is 331 g/mol. The van der Waals surface area contributed by atoms with E-state index in [0.717, 1.165) is 25.4 Å². The minimum absolute atomic E-state index is 0.0302. The number of benzene rings is 1. The summed E-state index contributed by atoms with van der Waals surface area (Å²) in [5.41, 5.74) is 1.22. The standard InChI is InChI=1S/C19H29N3O2/c1-15-6-8-17(9-7-15)24-18-13-22(14-18)19(23)20-12-16(2)21-10-4-3-5-11-21/h6-9,16,18H,3-5,10-14H2,1-2H3,(H,20,23)/t16-/m0/s1. The maximum Gasteiger partial charge on any atom is 0.317 e. The van der Waals surface area contributed by atoms with Crippen LogP contribution in [0, 0.1) is 6.92 Å². The van der Waals surface area contributed by atoms with Gasteiger partial charge in [0.25, 0.3) is 0 Å². The number of ether oxygens (including phenoxy) is 1. The van der Waals surface area contributed by atoms with E-state index in [0.29, 0.717) is 19.1 Å². The summed E-state index contributed by atoms with van der Waals surface area (Å²) in [4.78, 5) is 16.5. The summed E-state index contributed by atoms with van der Waals surface area (Å²) in [6, 6.07) is 8.50. The van der Waals surface area contributed by atoms with Crippen LogP contribution in [-0.4, -0.2) is 60.7 Å². The van der Waals surface area contributed by atoms with Gasteiger partial charge in [0.05, 0.1) is 13.1 Å². The van der Waals surface area contributed by atoms with Gasteiger partial charge in [-0.05, 0) is 51.9 Å². The number of likely N-dealkylation sites (tertiary alicyclic amines) is 2. The van der Waals surface area contributed by atoms with E-state index < -0.39 is 0 Å². The molecule has 0 aromatic heterocycles. The molecule has 1 aromatic carbocycles. The van der Waals surface area contributed by atoms with Gasteiger partial charge in [-0.3, -0.25) is 4.90 Å². The normalized spacial score (nSPS) is 20.3. The Bertz CT molecular complexity index is 534. The molecule has 0 saturated carbocycles. The highest BCUT2D eigenvalue weighted by atomic mass is 16.5. The third kappa shape index (κ3) is 4.41. The highest BCUT2D eigenvalue weighted by molar-refractivity contribution is 5.75. The molecule has 2 heterocycles. The Hall–Kier alpha value is -1.75. The molecule has 1 N–H and O–H groups in total. The molecule has 1 aromatic rings. The Morgan fingerprint density at radius 2 is 1.88 bits per heavy atom. The fourth-order valence-corrected chi connectivity index (χ4v) is 3.32. The number of rotatable bonds is 5. The molecule has 5 heteroatoms. The third-order valence-electron chi connectivity index (χ3n) is 5.02. The number of nitrogens with zero attached hydrogens (tertiary/aromatic N) is 2. The van der Waals surface area contributed by atoms with Crippen LogP contribution < -0.4 is 10.1 Å². The van der Waals surface area contributed by atoms with Crippen molar-refractivity contribution in [2.24, 2.45) is 0 Å². The molecule has 0 spiro atoms. The number of amides is 2. The lowest BCUT2D eigenvalue weighted by molar-refractivity contribution is 0.0436. The van der Waals surface area contributed by atoms with Gasteiger partial charge in [0.2, 0.25) is 0 Å². The molecule has 0 radical (unpaired) electrons. The first kappa shape index (κ1) is 17.1. The third-order valence-corrected chi connectivity index (χ3v) is 5.02. The molecule has 3 rings (SSSR count). The zero-order valence-electron chi connectivity index (χ0n) is 14.8. The molecule has 2 aliphatic heterocycles. The number of hydrogen-bond donors (Lipinski definition) is 1. The van der Waals surface area contributed by atoms with Crippen LogP contribution in [0.25, 0.3) is 0 Å². The second-order valence-electron chi connectivity index (χ2n) is 7.09. The van der Waals surface area contributed by atoms with Crippen LogP contribution in [0.5, 0.6) is 5.75 Å². The maximum atomic E-state index is 12.2. The van der Waals surface area contributed by atoms with Gasteiger partial charge in [-0.1, -0.05) is 24.1 Å². The van der Waals surface area contributed by atoms with Gasteiger partial charge in [-0.2, -0.15) is 0 Å². The van der Waals surface area contributed by atoms with E-state index in [9.17, 15) is 4.79 Å². The Kier molecular flexibility index (Phi) is 5.61. The van der Waals surface area contributed by atoms with Gasteiger partial charge in [0.1, 0.15) is 11.9 Å². The predicted molar refractivity (Wildman–Crippen MR) is 95.5 cm³/mol. The van der Waals surface area contributed by atoms with Gasteiger partial charge in [-0.25, -0.2) is 4.79 Å². The van der Waals surface area contributed by atoms with Crippen LogP contribution in [0.1, 0.15) is 31.7 Å². The zero-order chi connectivity index (χ0) is 16.9. The average Bonchev–Trinajstić information content (AvgIpc) is 2.57. The Balaban J connectivity index is 1.34. The summed E-state index contributed by atoms with van der Waals surface area (Å²) in [6.45, 7) is 8.63. The van der Waals surface area contributed by atoms with Gasteiger partial charge in [0.15, 0.2) is 0 Å². The highest BCUT2D eigenvalue weighted by Crippen LogP contribution is 2.18. The Labute approximate surface area is 145 Å². The van der Waals surface area contributed by atoms with Gasteiger partial charge < -0.3 is 15.0 Å². The number of aryl methyl sites for hydroxylation is 1. The lowest BCUT2D eigenvalue weighted by Crippen LogP contribution is -2.59. The van der Waals surface area contributed by atoms with Crippen molar-refractivity contribution >= 4 is 6.03 Å². The number of hydrogen-bond acceptors (Lipinski definition) is 3. The number of piperidine rings is 1. The molecule has 0 unspecified atom stereocenters. The van der Waals surface area contributed by atoms with Crippen molar-refractivity contribution in [1.82, 2.24) is 15.1 Å². The number of urea groups is 1. The molecule has 2 amide bonds. The maximum absolute atomic E-state index is 12.2. The molecule has 1 atom stereocenters. The van der Waals surface area contributed by atoms with E-state index in [-0.39, 0.29) is 12.1 Å². The van der Waals surface area contributed by atoms with Gasteiger partial charge in [-0.15, -0.1) is 0 Å². The predicted octanol–water partition coefficient (Wildman–Crippen LogP) is 2.64. The first-order valence-corrected chi connectivity index (χ1v) is 9.12. The zero-order valence-corrected chi connectivity index (χ0v) is 14.8. The summed E-state index contributed by atoms with van der Waals surface area (Å²) in [6.07, 6.45) is 4.01. The van der Waals surface area contributed by atoms with Crippen LogP contribution in [0.2, 0.25) is 0 Å². The minimum atomic E-state index is 0.0302. The van der Waals surface area contributed by atoms with E-state index in [1.165, 1.54) is 24.8 Å². The van der Waals surface area contributed by atoms with E-state index in [1.807, 2.05) is 29.2 Å². The van der Waals surface area contributed by atoms with E-state index >= 15 is 0 Å². The first-order valence-electron chi connectivity index (χ1n) is 9.12. The lowest BCUT2D eigenvalue weighted by atomic mass is 10.1. The summed E-state index contributed by atoms with van der Waals surface area (Å²) < 4.78 is 5.88. The molecule has 0 aliphatic carbocycles. The van der Waals surface area contributed by atoms with E-state index in [1.54, 1.807) is 0 Å². The van der Waals surface area contributed by atoms with Crippen LogP contribution in [0.4, 0.5) is 4.79 Å². The smallest absolute Gasteiger partial charge is 0.317 e. The molecule has 0 bridgehead atoms. The largest absolute Gasteiger partial charge is 0.487 e. The van der Waals surface area contributed by atoms with Crippen LogP contribution >= 0.6 is 0 Å². The molecule has 2 aliphatic rings. The van der Waals surface area contributed by atoms with E-state index in [2.05, 4.69) is 24.1 Å². The highest BCUT2D eigenvalue weighted by Gasteiger charge is 2.32. The van der Waals surface area contributed by atoms with Crippen molar-refractivity contribution in [1.29, 1.82) is 0 Å². The van der Waals surface area contributed by atoms with Crippen molar-refractivity contribution in [3.8, 4) is 5.75 Å². The molecule has 2 saturated heterocycles. The minimum Gasteiger partial charge on any atom is -0.487 e. The SMILES string of the molecule is Cc1ccc(OC2CN(C(=O)NC[C@H](C)N3CCCCC3)C2)cc1. The second kappa shape index (κ2) is 7.88. The fraction of sp³-hybridized carbons (Fsp3) is 0.632. The number of nitrogens with one attached hydrogen (secondary N) is 1. The monoisotopic (exact) mass is 331 g/mol. The van der Waals surface area contributed by atoms with Gasteiger partial charge >= 0.3 is 6.03 Å². The van der Waals surface area contributed by atoms with Crippen molar-refractivity contribution in [3.05, 3.63) is 29.8 Å². The fourth-order valence-electron chi connectivity index (χ4n) is 3.32. The topological polar surface area (TPSA) is 44.8 Å².